The molecule has 228 valence electrons. The molecule has 6 rings (SSSR count). The summed E-state index contributed by atoms with van der Waals surface area (Å²) >= 11 is 1.38. The second-order valence-electron chi connectivity index (χ2n) is 10.7. The van der Waals surface area contributed by atoms with Crippen LogP contribution < -0.4 is 5.56 Å². The average molecular weight is 628 g/mol. The fraction of sp³-hybridized carbons (Fsp3) is 0.108. The summed E-state index contributed by atoms with van der Waals surface area (Å²) in [5, 5.41) is 0.483. The van der Waals surface area contributed by atoms with Gasteiger partial charge in [0.2, 0.25) is 0 Å². The van der Waals surface area contributed by atoms with Crippen molar-refractivity contribution in [2.24, 2.45) is 0 Å². The Kier molecular flexibility index (Phi) is 9.70. The first-order chi connectivity index (χ1) is 22.5. The summed E-state index contributed by atoms with van der Waals surface area (Å²) in [6, 6.07) is 33.5. The van der Waals surface area contributed by atoms with Crippen LogP contribution in [0.1, 0.15) is 38.2 Å². The Labute approximate surface area is 270 Å². The number of hydrogen-bond acceptors (Lipinski definition) is 6. The number of halogens is 1. The molecular weight excluding hydrogens is 598 g/mol. The van der Waals surface area contributed by atoms with Crippen molar-refractivity contribution in [1.82, 2.24) is 24.4 Å². The van der Waals surface area contributed by atoms with E-state index in [-0.39, 0.29) is 17.3 Å². The van der Waals surface area contributed by atoms with E-state index >= 15 is 0 Å². The molecule has 2 heterocycles. The lowest BCUT2D eigenvalue weighted by Crippen LogP contribution is -2.30. The van der Waals surface area contributed by atoms with Crippen molar-refractivity contribution in [2.75, 3.05) is 0 Å². The molecule has 0 aliphatic heterocycles. The highest BCUT2D eigenvalue weighted by Crippen LogP contribution is 2.25. The molecule has 46 heavy (non-hydrogen) atoms. The Hall–Kier alpha value is -5.41. The summed E-state index contributed by atoms with van der Waals surface area (Å²) in [5.74, 6) is 0.0926. The van der Waals surface area contributed by atoms with Crippen LogP contribution in [0.2, 0.25) is 0 Å². The van der Waals surface area contributed by atoms with Gasteiger partial charge in [0.1, 0.15) is 12.1 Å². The second kappa shape index (κ2) is 14.6. The van der Waals surface area contributed by atoms with Gasteiger partial charge >= 0.3 is 0 Å². The molecule has 2 aromatic heterocycles. The molecule has 0 N–H and O–H groups in total. The van der Waals surface area contributed by atoms with Crippen molar-refractivity contribution < 1.29 is 9.18 Å². The van der Waals surface area contributed by atoms with Crippen LogP contribution in [0.15, 0.2) is 144 Å². The highest BCUT2D eigenvalue weighted by Gasteiger charge is 2.18. The lowest BCUT2D eigenvalue weighted by Gasteiger charge is -2.23. The minimum atomic E-state index is -0.342. The summed E-state index contributed by atoms with van der Waals surface area (Å²) in [4.78, 5) is 41.4. The minimum absolute atomic E-state index is 0.0898. The van der Waals surface area contributed by atoms with Gasteiger partial charge in [-0.3, -0.25) is 14.2 Å². The van der Waals surface area contributed by atoms with E-state index in [4.69, 9.17) is 0 Å². The number of thioether (sulfide) groups is 1. The molecule has 0 unspecified atom stereocenters. The zero-order chi connectivity index (χ0) is 31.7. The maximum atomic E-state index is 13.9. The maximum Gasteiger partial charge on any atom is 0.277 e. The molecule has 4 aromatic carbocycles. The van der Waals surface area contributed by atoms with Gasteiger partial charge in [-0.2, -0.15) is 4.98 Å². The van der Waals surface area contributed by atoms with Crippen molar-refractivity contribution in [1.29, 1.82) is 0 Å². The van der Waals surface area contributed by atoms with Crippen LogP contribution in [0.4, 0.5) is 4.39 Å². The number of rotatable bonds is 11. The first-order valence-electron chi connectivity index (χ1n) is 14.7. The number of hydrogen-bond donors (Lipinski definition) is 0. The number of carbonyl (C=O) groups is 1. The summed E-state index contributed by atoms with van der Waals surface area (Å²) in [6.07, 6.45) is 6.89. The van der Waals surface area contributed by atoms with Crippen molar-refractivity contribution in [3.05, 3.63) is 184 Å². The molecule has 0 atom stereocenters. The number of aromatic nitrogens is 4. The van der Waals surface area contributed by atoms with E-state index in [0.29, 0.717) is 41.5 Å². The van der Waals surface area contributed by atoms with Gasteiger partial charge in [0, 0.05) is 60.7 Å². The molecule has 0 spiro atoms. The summed E-state index contributed by atoms with van der Waals surface area (Å²) < 4.78 is 15.3. The standard InChI is InChI=1S/C37H30FN5O2S/c38-33-15-11-29(12-16-33)25-46-37-41-35(44)32(19-30-20-39-26-40-21-30)24-43(37)34-17-13-31(14-18-34)36(45)42(22-27-7-3-1-4-8-27)23-28-9-5-2-6-10-28/h1-18,20-21,24,26H,19,22-23,25H2. The third-order valence-electron chi connectivity index (χ3n) is 7.36. The minimum Gasteiger partial charge on any atom is -0.330 e. The second-order valence-corrected chi connectivity index (χ2v) is 11.7. The molecule has 6 aromatic rings. The molecule has 0 bridgehead atoms. The first kappa shape index (κ1) is 30.6. The first-order valence-corrected chi connectivity index (χ1v) is 15.7. The topological polar surface area (TPSA) is 81.0 Å². The smallest absolute Gasteiger partial charge is 0.277 e. The third-order valence-corrected chi connectivity index (χ3v) is 8.39. The Morgan fingerprint density at radius 1 is 0.739 bits per heavy atom. The number of nitrogens with zero attached hydrogens (tertiary/aromatic N) is 5. The Morgan fingerprint density at radius 3 is 1.96 bits per heavy atom. The molecule has 0 saturated heterocycles. The van der Waals surface area contributed by atoms with Crippen LogP contribution in [0.3, 0.4) is 0 Å². The third kappa shape index (κ3) is 7.80. The molecule has 0 fully saturated rings. The van der Waals surface area contributed by atoms with Crippen molar-refractivity contribution >= 4 is 17.7 Å². The highest BCUT2D eigenvalue weighted by molar-refractivity contribution is 7.98. The van der Waals surface area contributed by atoms with Gasteiger partial charge in [-0.25, -0.2) is 14.4 Å². The van der Waals surface area contributed by atoms with E-state index in [1.54, 1.807) is 42.9 Å². The van der Waals surface area contributed by atoms with E-state index in [1.165, 1.54) is 30.2 Å². The summed E-state index contributed by atoms with van der Waals surface area (Å²) in [6.45, 7) is 0.938. The van der Waals surface area contributed by atoms with Crippen molar-refractivity contribution in [2.45, 2.75) is 30.4 Å². The van der Waals surface area contributed by atoms with E-state index < -0.39 is 0 Å². The van der Waals surface area contributed by atoms with Gasteiger partial charge in [-0.15, -0.1) is 0 Å². The van der Waals surface area contributed by atoms with E-state index in [1.807, 2.05) is 82.3 Å². The molecular formula is C37H30FN5O2S. The van der Waals surface area contributed by atoms with Gasteiger partial charge in [0.15, 0.2) is 5.16 Å². The van der Waals surface area contributed by atoms with Crippen LogP contribution in [0, 0.1) is 5.82 Å². The Morgan fingerprint density at radius 2 is 1.35 bits per heavy atom. The van der Waals surface area contributed by atoms with Crippen LogP contribution in [-0.2, 0) is 25.3 Å². The van der Waals surface area contributed by atoms with Crippen LogP contribution in [0.5, 0.6) is 0 Å². The molecule has 7 nitrogen and oxygen atoms in total. The maximum absolute atomic E-state index is 13.9. The lowest BCUT2D eigenvalue weighted by molar-refractivity contribution is 0.0730. The molecule has 0 radical (unpaired) electrons. The highest BCUT2D eigenvalue weighted by atomic mass is 32.2. The molecule has 1 amide bonds. The quantitative estimate of drug-likeness (QED) is 0.115. The Bertz CT molecular complexity index is 1910. The summed E-state index contributed by atoms with van der Waals surface area (Å²) in [5.41, 5.74) is 5.21. The van der Waals surface area contributed by atoms with Gasteiger partial charge in [0.25, 0.3) is 11.5 Å². The molecule has 0 aliphatic carbocycles. The largest absolute Gasteiger partial charge is 0.330 e. The summed E-state index contributed by atoms with van der Waals surface area (Å²) in [7, 11) is 0. The predicted molar refractivity (Wildman–Crippen MR) is 177 cm³/mol. The van der Waals surface area contributed by atoms with Crippen LogP contribution in [0.25, 0.3) is 5.69 Å². The van der Waals surface area contributed by atoms with E-state index in [0.717, 1.165) is 27.9 Å². The van der Waals surface area contributed by atoms with Gasteiger partial charge in [-0.1, -0.05) is 84.6 Å². The SMILES string of the molecule is O=C(c1ccc(-n2cc(Cc3cncnc3)c(=O)nc2SCc2ccc(F)cc2)cc1)N(Cc1ccccc1)Cc1ccccc1. The number of carbonyl (C=O) groups excluding carboxylic acids is 1. The van der Waals surface area contributed by atoms with Gasteiger partial charge in [0.05, 0.1) is 0 Å². The zero-order valence-corrected chi connectivity index (χ0v) is 25.7. The van der Waals surface area contributed by atoms with Crippen molar-refractivity contribution in [3.63, 3.8) is 0 Å². The van der Waals surface area contributed by atoms with E-state index in [2.05, 4.69) is 15.0 Å². The molecule has 0 aliphatic rings. The lowest BCUT2D eigenvalue weighted by atomic mass is 10.1. The zero-order valence-electron chi connectivity index (χ0n) is 24.9. The molecule has 9 heteroatoms. The van der Waals surface area contributed by atoms with Crippen LogP contribution in [-0.4, -0.2) is 30.3 Å². The average Bonchev–Trinajstić information content (AvgIpc) is 3.10. The monoisotopic (exact) mass is 627 g/mol. The number of benzene rings is 4. The predicted octanol–water partition coefficient (Wildman–Crippen LogP) is 6.89. The van der Waals surface area contributed by atoms with E-state index in [9.17, 15) is 14.0 Å². The normalized spacial score (nSPS) is 10.9. The molecule has 0 saturated carbocycles. The fourth-order valence-corrected chi connectivity index (χ4v) is 5.94. The Balaban J connectivity index is 1.30. The van der Waals surface area contributed by atoms with Crippen LogP contribution >= 0.6 is 11.8 Å². The number of amides is 1. The fourth-order valence-electron chi connectivity index (χ4n) is 5.01. The van der Waals surface area contributed by atoms with Gasteiger partial charge in [-0.05, 0) is 58.7 Å². The van der Waals surface area contributed by atoms with Crippen molar-refractivity contribution in [3.8, 4) is 5.69 Å². The van der Waals surface area contributed by atoms with Gasteiger partial charge < -0.3 is 4.90 Å².